The lowest BCUT2D eigenvalue weighted by atomic mass is 10.1. The van der Waals surface area contributed by atoms with Gasteiger partial charge in [-0.1, -0.05) is 0 Å². The van der Waals surface area contributed by atoms with Crippen molar-refractivity contribution in [2.45, 2.75) is 19.4 Å². The van der Waals surface area contributed by atoms with E-state index >= 15 is 0 Å². The number of aryl methyl sites for hydroxylation is 1. The van der Waals surface area contributed by atoms with Crippen molar-refractivity contribution in [3.8, 4) is 11.5 Å². The van der Waals surface area contributed by atoms with E-state index < -0.39 is 5.97 Å². The Hall–Kier alpha value is -2.21. The first-order chi connectivity index (χ1) is 10.2. The SMILES string of the molecule is O=C(O)Cc1cn(CCCO)c2cc3c(cc12)OCCO3. The minimum absolute atomic E-state index is 0.0394. The van der Waals surface area contributed by atoms with E-state index in [2.05, 4.69) is 0 Å². The highest BCUT2D eigenvalue weighted by atomic mass is 16.6. The van der Waals surface area contributed by atoms with Gasteiger partial charge in [-0.2, -0.15) is 0 Å². The number of aliphatic hydroxyl groups excluding tert-OH is 1. The maximum absolute atomic E-state index is 11.0. The summed E-state index contributed by atoms with van der Waals surface area (Å²) >= 11 is 0. The number of rotatable bonds is 5. The Morgan fingerprint density at radius 3 is 2.62 bits per heavy atom. The highest BCUT2D eigenvalue weighted by Crippen LogP contribution is 2.36. The predicted octanol–water partition coefficient (Wildman–Crippen LogP) is 1.42. The third-order valence-electron chi connectivity index (χ3n) is 3.53. The molecule has 0 aliphatic carbocycles. The molecular weight excluding hydrogens is 274 g/mol. The van der Waals surface area contributed by atoms with Crippen LogP contribution in [0.2, 0.25) is 0 Å². The number of aliphatic hydroxyl groups is 1. The van der Waals surface area contributed by atoms with Crippen LogP contribution in [0.3, 0.4) is 0 Å². The summed E-state index contributed by atoms with van der Waals surface area (Å²) in [5.41, 5.74) is 1.65. The number of hydrogen-bond acceptors (Lipinski definition) is 4. The van der Waals surface area contributed by atoms with E-state index in [9.17, 15) is 4.79 Å². The Bertz CT molecular complexity index is 676. The van der Waals surface area contributed by atoms with Crippen LogP contribution in [-0.4, -0.2) is 40.6 Å². The first-order valence-corrected chi connectivity index (χ1v) is 6.93. The molecule has 6 heteroatoms. The molecule has 112 valence electrons. The molecule has 1 aliphatic heterocycles. The number of aliphatic carboxylic acids is 1. The molecule has 1 aliphatic rings. The normalized spacial score (nSPS) is 13.6. The summed E-state index contributed by atoms with van der Waals surface area (Å²) in [5.74, 6) is 0.463. The first kappa shape index (κ1) is 13.8. The first-order valence-electron chi connectivity index (χ1n) is 6.93. The zero-order valence-electron chi connectivity index (χ0n) is 11.5. The van der Waals surface area contributed by atoms with Crippen molar-refractivity contribution in [1.29, 1.82) is 0 Å². The van der Waals surface area contributed by atoms with Crippen LogP contribution < -0.4 is 9.47 Å². The number of carboxylic acid groups (broad SMARTS) is 1. The molecule has 1 aromatic heterocycles. The van der Waals surface area contributed by atoms with Crippen LogP contribution in [0.15, 0.2) is 18.3 Å². The minimum Gasteiger partial charge on any atom is -0.486 e. The summed E-state index contributed by atoms with van der Waals surface area (Å²) in [6, 6.07) is 3.73. The number of aromatic nitrogens is 1. The number of fused-ring (bicyclic) bond motifs is 2. The van der Waals surface area contributed by atoms with Crippen LogP contribution in [0.5, 0.6) is 11.5 Å². The van der Waals surface area contributed by atoms with Gasteiger partial charge in [0.15, 0.2) is 11.5 Å². The van der Waals surface area contributed by atoms with Gasteiger partial charge in [0, 0.05) is 30.8 Å². The van der Waals surface area contributed by atoms with Gasteiger partial charge in [0.2, 0.25) is 0 Å². The lowest BCUT2D eigenvalue weighted by Crippen LogP contribution is -2.15. The molecule has 2 N–H and O–H groups in total. The molecule has 0 bridgehead atoms. The van der Waals surface area contributed by atoms with Crippen molar-refractivity contribution in [2.24, 2.45) is 0 Å². The van der Waals surface area contributed by atoms with Crippen LogP contribution in [0, 0.1) is 0 Å². The topological polar surface area (TPSA) is 80.9 Å². The van der Waals surface area contributed by atoms with Gasteiger partial charge in [0.05, 0.1) is 11.9 Å². The number of hydrogen-bond donors (Lipinski definition) is 2. The van der Waals surface area contributed by atoms with E-state index in [4.69, 9.17) is 19.7 Å². The number of nitrogens with zero attached hydrogens (tertiary/aromatic N) is 1. The summed E-state index contributed by atoms with van der Waals surface area (Å²) in [4.78, 5) is 11.0. The Labute approximate surface area is 121 Å². The minimum atomic E-state index is -0.869. The van der Waals surface area contributed by atoms with Gasteiger partial charge in [-0.3, -0.25) is 4.79 Å². The zero-order chi connectivity index (χ0) is 14.8. The number of benzene rings is 1. The molecule has 0 saturated heterocycles. The fourth-order valence-corrected chi connectivity index (χ4v) is 2.63. The van der Waals surface area contributed by atoms with Crippen molar-refractivity contribution in [1.82, 2.24) is 4.57 Å². The fourth-order valence-electron chi connectivity index (χ4n) is 2.63. The van der Waals surface area contributed by atoms with E-state index in [1.54, 1.807) is 0 Å². The lowest BCUT2D eigenvalue weighted by molar-refractivity contribution is -0.136. The Morgan fingerprint density at radius 1 is 1.24 bits per heavy atom. The maximum Gasteiger partial charge on any atom is 0.307 e. The Balaban J connectivity index is 2.10. The van der Waals surface area contributed by atoms with Crippen LogP contribution >= 0.6 is 0 Å². The van der Waals surface area contributed by atoms with Crippen LogP contribution in [0.4, 0.5) is 0 Å². The molecule has 0 spiro atoms. The summed E-state index contributed by atoms with van der Waals surface area (Å²) in [6.07, 6.45) is 2.41. The quantitative estimate of drug-likeness (QED) is 0.871. The van der Waals surface area contributed by atoms with Gasteiger partial charge in [0.1, 0.15) is 13.2 Å². The number of ether oxygens (including phenoxy) is 2. The molecule has 2 aromatic rings. The molecule has 1 aromatic carbocycles. The number of carbonyl (C=O) groups is 1. The van der Waals surface area contributed by atoms with Crippen LogP contribution in [0.1, 0.15) is 12.0 Å². The van der Waals surface area contributed by atoms with Gasteiger partial charge in [0.25, 0.3) is 0 Å². The third-order valence-corrected chi connectivity index (χ3v) is 3.53. The number of carboxylic acids is 1. The van der Waals surface area contributed by atoms with Gasteiger partial charge < -0.3 is 24.3 Å². The van der Waals surface area contributed by atoms with Gasteiger partial charge in [-0.25, -0.2) is 0 Å². The third kappa shape index (κ3) is 2.67. The molecule has 0 radical (unpaired) electrons. The van der Waals surface area contributed by atoms with Crippen molar-refractivity contribution < 1.29 is 24.5 Å². The summed E-state index contributed by atoms with van der Waals surface area (Å²) in [6.45, 7) is 1.74. The second-order valence-corrected chi connectivity index (χ2v) is 5.01. The molecular formula is C15H17NO5. The van der Waals surface area contributed by atoms with E-state index in [1.807, 2.05) is 22.9 Å². The van der Waals surface area contributed by atoms with Gasteiger partial charge in [-0.05, 0) is 18.1 Å². The largest absolute Gasteiger partial charge is 0.486 e. The van der Waals surface area contributed by atoms with Gasteiger partial charge in [-0.15, -0.1) is 0 Å². The van der Waals surface area contributed by atoms with E-state index in [0.29, 0.717) is 37.7 Å². The average molecular weight is 291 g/mol. The molecule has 3 rings (SSSR count). The van der Waals surface area contributed by atoms with E-state index in [-0.39, 0.29) is 13.0 Å². The predicted molar refractivity (Wildman–Crippen MR) is 76.0 cm³/mol. The van der Waals surface area contributed by atoms with Crippen molar-refractivity contribution in [2.75, 3.05) is 19.8 Å². The lowest BCUT2D eigenvalue weighted by Gasteiger charge is -2.18. The van der Waals surface area contributed by atoms with Crippen LogP contribution in [0.25, 0.3) is 10.9 Å². The molecule has 0 unspecified atom stereocenters. The van der Waals surface area contributed by atoms with Crippen LogP contribution in [-0.2, 0) is 17.8 Å². The smallest absolute Gasteiger partial charge is 0.307 e. The fraction of sp³-hybridized carbons (Fsp3) is 0.400. The highest BCUT2D eigenvalue weighted by Gasteiger charge is 2.18. The van der Waals surface area contributed by atoms with Crippen molar-refractivity contribution >= 4 is 16.9 Å². The summed E-state index contributed by atoms with van der Waals surface area (Å²) in [5, 5.41) is 18.9. The summed E-state index contributed by atoms with van der Waals surface area (Å²) < 4.78 is 13.1. The van der Waals surface area contributed by atoms with Crippen molar-refractivity contribution in [3.05, 3.63) is 23.9 Å². The second kappa shape index (κ2) is 5.65. The highest BCUT2D eigenvalue weighted by molar-refractivity contribution is 5.90. The molecule has 0 saturated carbocycles. The molecule has 0 amide bonds. The summed E-state index contributed by atoms with van der Waals surface area (Å²) in [7, 11) is 0. The maximum atomic E-state index is 11.0. The molecule has 21 heavy (non-hydrogen) atoms. The Morgan fingerprint density at radius 2 is 1.95 bits per heavy atom. The molecule has 2 heterocycles. The monoisotopic (exact) mass is 291 g/mol. The standard InChI is InChI=1S/C15H17NO5/c17-3-1-2-16-9-10(6-15(18)19)11-7-13-14(8-12(11)16)21-5-4-20-13/h7-9,17H,1-6H2,(H,18,19). The van der Waals surface area contributed by atoms with E-state index in [1.165, 1.54) is 0 Å². The molecule has 6 nitrogen and oxygen atoms in total. The molecule has 0 fully saturated rings. The zero-order valence-corrected chi connectivity index (χ0v) is 11.5. The van der Waals surface area contributed by atoms with Gasteiger partial charge >= 0.3 is 5.97 Å². The van der Waals surface area contributed by atoms with Crippen molar-refractivity contribution in [3.63, 3.8) is 0 Å². The van der Waals surface area contributed by atoms with E-state index in [0.717, 1.165) is 16.5 Å². The molecule has 0 atom stereocenters. The second-order valence-electron chi connectivity index (χ2n) is 5.01. The average Bonchev–Trinajstić information content (AvgIpc) is 2.79. The Kier molecular flexibility index (Phi) is 3.70.